The van der Waals surface area contributed by atoms with Gasteiger partial charge in [0, 0.05) is 37.8 Å². The van der Waals surface area contributed by atoms with Crippen molar-refractivity contribution in [2.45, 2.75) is 13.8 Å². The van der Waals surface area contributed by atoms with Gasteiger partial charge in [-0.05, 0) is 31.0 Å². The molecule has 148 valence electrons. The molecule has 0 aliphatic heterocycles. The highest BCUT2D eigenvalue weighted by molar-refractivity contribution is 6.28. The molecule has 0 unspecified atom stereocenters. The van der Waals surface area contributed by atoms with Crippen LogP contribution < -0.4 is 4.57 Å². The average molecular weight is 406 g/mol. The first kappa shape index (κ1) is 13.5. The standard InChI is InChI=1S/C28H21N2O/c1-16-13-14-29(3)23(15-16)24-17(2)11-12-21-25-20-9-6-8-19-18-7-4-5-10-22(18)30(26(19)20)28(25)31-27(21)24/h4-15H,1-3H3/q+1/i1D3,13D. The highest BCUT2D eigenvalue weighted by atomic mass is 16.3. The predicted molar refractivity (Wildman–Crippen MR) is 127 cm³/mol. The fourth-order valence-corrected chi connectivity index (χ4v) is 5.18. The number of hydrogen-bond acceptors (Lipinski definition) is 1. The highest BCUT2D eigenvalue weighted by Gasteiger charge is 2.25. The number of pyridine rings is 1. The number of rotatable bonds is 1. The number of para-hydroxylation sites is 2. The van der Waals surface area contributed by atoms with Crippen LogP contribution in [-0.4, -0.2) is 4.40 Å². The minimum Gasteiger partial charge on any atom is -0.438 e. The second-order valence-electron chi connectivity index (χ2n) is 8.30. The molecule has 0 aliphatic carbocycles. The Morgan fingerprint density at radius 3 is 2.71 bits per heavy atom. The van der Waals surface area contributed by atoms with E-state index in [1.54, 1.807) is 12.3 Å². The van der Waals surface area contributed by atoms with E-state index in [0.29, 0.717) is 5.69 Å². The Balaban J connectivity index is 1.66. The van der Waals surface area contributed by atoms with Crippen molar-refractivity contribution in [1.29, 1.82) is 0 Å². The van der Waals surface area contributed by atoms with Crippen molar-refractivity contribution in [3.63, 3.8) is 0 Å². The lowest BCUT2D eigenvalue weighted by Gasteiger charge is -2.06. The van der Waals surface area contributed by atoms with Crippen molar-refractivity contribution in [3.05, 3.63) is 84.0 Å². The molecular weight excluding hydrogens is 380 g/mol. The molecule has 0 radical (unpaired) electrons. The summed E-state index contributed by atoms with van der Waals surface area (Å²) in [7, 11) is 1.84. The molecule has 3 nitrogen and oxygen atoms in total. The van der Waals surface area contributed by atoms with Crippen LogP contribution in [-0.2, 0) is 7.05 Å². The lowest BCUT2D eigenvalue weighted by Crippen LogP contribution is -2.30. The lowest BCUT2D eigenvalue weighted by molar-refractivity contribution is -0.660. The van der Waals surface area contributed by atoms with Crippen LogP contribution in [0.1, 0.15) is 16.6 Å². The first-order valence-corrected chi connectivity index (χ1v) is 10.4. The Bertz CT molecular complexity index is 1980. The van der Waals surface area contributed by atoms with Crippen molar-refractivity contribution in [1.82, 2.24) is 4.40 Å². The zero-order chi connectivity index (χ0) is 24.2. The molecule has 0 saturated heterocycles. The Morgan fingerprint density at radius 2 is 1.81 bits per heavy atom. The van der Waals surface area contributed by atoms with E-state index in [2.05, 4.69) is 52.9 Å². The maximum absolute atomic E-state index is 8.22. The van der Waals surface area contributed by atoms with E-state index < -0.39 is 6.85 Å². The summed E-state index contributed by atoms with van der Waals surface area (Å²) >= 11 is 0. The summed E-state index contributed by atoms with van der Waals surface area (Å²) in [6, 6.07) is 20.5. The molecule has 3 heteroatoms. The fraction of sp³-hybridized carbons (Fsp3) is 0.107. The van der Waals surface area contributed by atoms with Gasteiger partial charge in [-0.3, -0.25) is 4.40 Å². The van der Waals surface area contributed by atoms with Gasteiger partial charge in [0.2, 0.25) is 11.4 Å². The van der Waals surface area contributed by atoms with Crippen molar-refractivity contribution in [3.8, 4) is 11.3 Å². The van der Waals surface area contributed by atoms with Crippen LogP contribution in [0.2, 0.25) is 0 Å². The average Bonchev–Trinajstić information content (AvgIpc) is 3.44. The molecule has 3 aromatic carbocycles. The van der Waals surface area contributed by atoms with Crippen LogP contribution in [0, 0.1) is 13.8 Å². The molecule has 0 amide bonds. The number of aryl methyl sites for hydroxylation is 3. The molecule has 0 spiro atoms. The second-order valence-corrected chi connectivity index (χ2v) is 8.30. The molecule has 0 N–H and O–H groups in total. The van der Waals surface area contributed by atoms with Gasteiger partial charge in [0.1, 0.15) is 7.05 Å². The smallest absolute Gasteiger partial charge is 0.216 e. The minimum atomic E-state index is -2.37. The Hall–Kier alpha value is -3.85. The lowest BCUT2D eigenvalue weighted by atomic mass is 9.99. The first-order chi connectivity index (χ1) is 16.8. The van der Waals surface area contributed by atoms with E-state index >= 15 is 0 Å². The van der Waals surface area contributed by atoms with Gasteiger partial charge in [-0.15, -0.1) is 0 Å². The first-order valence-electron chi connectivity index (χ1n) is 12.4. The molecule has 0 saturated carbocycles. The summed E-state index contributed by atoms with van der Waals surface area (Å²) in [5.41, 5.74) is 6.32. The third-order valence-electron chi connectivity index (χ3n) is 6.55. The van der Waals surface area contributed by atoms with Gasteiger partial charge in [-0.1, -0.05) is 48.5 Å². The van der Waals surface area contributed by atoms with Gasteiger partial charge >= 0.3 is 0 Å². The van der Waals surface area contributed by atoms with Crippen LogP contribution in [0.25, 0.3) is 60.5 Å². The second kappa shape index (κ2) is 5.64. The van der Waals surface area contributed by atoms with E-state index in [1.165, 1.54) is 10.8 Å². The molecule has 0 atom stereocenters. The Kier molecular flexibility index (Phi) is 2.45. The van der Waals surface area contributed by atoms with E-state index in [-0.39, 0.29) is 11.6 Å². The van der Waals surface area contributed by atoms with Crippen LogP contribution in [0.4, 0.5) is 0 Å². The van der Waals surface area contributed by atoms with Crippen LogP contribution in [0.3, 0.4) is 0 Å². The summed E-state index contributed by atoms with van der Waals surface area (Å²) < 4.78 is 42.7. The SMILES string of the molecule is [2H]c1c[n+](C)c(-c2c(C)ccc3c2oc2c3c3cccc4c5ccccc5n2c43)cc1C([2H])([2H])[2H]. The molecule has 7 rings (SSSR count). The number of nitrogens with zero attached hydrogens (tertiary/aromatic N) is 2. The molecule has 4 aromatic heterocycles. The van der Waals surface area contributed by atoms with Crippen molar-refractivity contribution < 1.29 is 14.5 Å². The molecule has 7 aromatic rings. The van der Waals surface area contributed by atoms with Gasteiger partial charge in [0.15, 0.2) is 11.8 Å². The van der Waals surface area contributed by atoms with Crippen LogP contribution >= 0.6 is 0 Å². The van der Waals surface area contributed by atoms with E-state index in [9.17, 15) is 0 Å². The zero-order valence-corrected chi connectivity index (χ0v) is 17.2. The van der Waals surface area contributed by atoms with Gasteiger partial charge < -0.3 is 4.42 Å². The summed E-state index contributed by atoms with van der Waals surface area (Å²) in [4.78, 5) is 0. The van der Waals surface area contributed by atoms with E-state index in [1.807, 2.05) is 24.6 Å². The van der Waals surface area contributed by atoms with Crippen LogP contribution in [0.15, 0.2) is 77.3 Å². The Labute approximate surface area is 184 Å². The number of furan rings is 1. The highest BCUT2D eigenvalue weighted by Crippen LogP contribution is 2.45. The normalized spacial score (nSPS) is 14.6. The van der Waals surface area contributed by atoms with Gasteiger partial charge in [-0.25, -0.2) is 4.57 Å². The van der Waals surface area contributed by atoms with Gasteiger partial charge in [0.25, 0.3) is 0 Å². The number of hydrogen-bond donors (Lipinski definition) is 0. The Morgan fingerprint density at radius 1 is 0.968 bits per heavy atom. The molecule has 0 aliphatic rings. The maximum atomic E-state index is 8.22. The van der Waals surface area contributed by atoms with Crippen molar-refractivity contribution >= 4 is 49.3 Å². The predicted octanol–water partition coefficient (Wildman–Crippen LogP) is 6.69. The van der Waals surface area contributed by atoms with Crippen LogP contribution in [0.5, 0.6) is 0 Å². The van der Waals surface area contributed by atoms with Crippen molar-refractivity contribution in [2.24, 2.45) is 7.05 Å². The molecular formula is C28H21N2O+. The summed E-state index contributed by atoms with van der Waals surface area (Å²) in [6.07, 6.45) is 1.56. The van der Waals surface area contributed by atoms with Crippen molar-refractivity contribution in [2.75, 3.05) is 0 Å². The van der Waals surface area contributed by atoms with E-state index in [0.717, 1.165) is 49.6 Å². The summed E-state index contributed by atoms with van der Waals surface area (Å²) in [5, 5.41) is 5.57. The molecule has 0 bridgehead atoms. The maximum Gasteiger partial charge on any atom is 0.216 e. The summed E-state index contributed by atoms with van der Waals surface area (Å²) in [6.45, 7) is -0.370. The fourth-order valence-electron chi connectivity index (χ4n) is 5.18. The number of fused-ring (bicyclic) bond motifs is 8. The summed E-state index contributed by atoms with van der Waals surface area (Å²) in [5.74, 6) is 0. The quantitative estimate of drug-likeness (QED) is 0.279. The van der Waals surface area contributed by atoms with Gasteiger partial charge in [-0.2, -0.15) is 0 Å². The third kappa shape index (κ3) is 2.01. The molecule has 0 fully saturated rings. The molecule has 31 heavy (non-hydrogen) atoms. The minimum absolute atomic E-state index is 0.00171. The monoisotopic (exact) mass is 405 g/mol. The zero-order valence-electron chi connectivity index (χ0n) is 21.2. The topological polar surface area (TPSA) is 21.4 Å². The van der Waals surface area contributed by atoms with E-state index in [4.69, 9.17) is 9.90 Å². The van der Waals surface area contributed by atoms with Gasteiger partial charge in [0.05, 0.1) is 23.4 Å². The number of aromatic nitrogens is 2. The molecule has 4 heterocycles. The largest absolute Gasteiger partial charge is 0.438 e. The third-order valence-corrected chi connectivity index (χ3v) is 6.55. The number of benzene rings is 3.